The van der Waals surface area contributed by atoms with Gasteiger partial charge in [0.25, 0.3) is 5.91 Å². The fourth-order valence-electron chi connectivity index (χ4n) is 2.31. The molecule has 0 spiro atoms. The third kappa shape index (κ3) is 2.63. The van der Waals surface area contributed by atoms with Crippen LogP contribution in [-0.2, 0) is 13.6 Å². The zero-order chi connectivity index (χ0) is 14.8. The van der Waals surface area contributed by atoms with E-state index in [0.29, 0.717) is 17.6 Å². The van der Waals surface area contributed by atoms with Crippen molar-refractivity contribution in [2.24, 2.45) is 7.05 Å². The fraction of sp³-hybridized carbons (Fsp3) is 0.125. The lowest BCUT2D eigenvalue weighted by atomic mass is 10.2. The average molecular weight is 283 g/mol. The van der Waals surface area contributed by atoms with Gasteiger partial charge in [-0.3, -0.25) is 9.78 Å². The normalized spacial score (nSPS) is 10.8. The van der Waals surface area contributed by atoms with Crippen LogP contribution in [0.15, 0.2) is 48.8 Å². The van der Waals surface area contributed by atoms with Gasteiger partial charge in [0.15, 0.2) is 0 Å². The molecule has 3 aromatic rings. The predicted octanol–water partition coefficient (Wildman–Crippen LogP) is 2.64. The Bertz CT molecular complexity index is 796. The highest BCUT2D eigenvalue weighted by atomic mass is 19.1. The maximum absolute atomic E-state index is 13.2. The van der Waals surface area contributed by atoms with E-state index < -0.39 is 0 Å². The van der Waals surface area contributed by atoms with Crippen LogP contribution in [0.5, 0.6) is 0 Å². The first-order chi connectivity index (χ1) is 10.1. The predicted molar refractivity (Wildman–Crippen MR) is 78.3 cm³/mol. The van der Waals surface area contributed by atoms with Crippen LogP contribution >= 0.6 is 0 Å². The number of amides is 1. The van der Waals surface area contributed by atoms with Crippen LogP contribution < -0.4 is 5.32 Å². The van der Waals surface area contributed by atoms with Crippen molar-refractivity contribution in [3.05, 3.63) is 65.9 Å². The van der Waals surface area contributed by atoms with E-state index in [-0.39, 0.29) is 11.7 Å². The van der Waals surface area contributed by atoms with E-state index in [1.165, 1.54) is 12.1 Å². The summed E-state index contributed by atoms with van der Waals surface area (Å²) >= 11 is 0. The van der Waals surface area contributed by atoms with Crippen LogP contribution in [0.3, 0.4) is 0 Å². The molecule has 106 valence electrons. The number of aromatic nitrogens is 2. The average Bonchev–Trinajstić information content (AvgIpc) is 2.82. The van der Waals surface area contributed by atoms with E-state index in [4.69, 9.17) is 0 Å². The topological polar surface area (TPSA) is 46.9 Å². The molecule has 4 nitrogen and oxygen atoms in total. The minimum absolute atomic E-state index is 0.196. The SMILES string of the molecule is Cn1c(C(=O)NCc2cccnc2)cc2cc(F)ccc21. The monoisotopic (exact) mass is 283 g/mol. The molecule has 21 heavy (non-hydrogen) atoms. The van der Waals surface area contributed by atoms with Crippen molar-refractivity contribution >= 4 is 16.8 Å². The van der Waals surface area contributed by atoms with Gasteiger partial charge in [-0.05, 0) is 35.9 Å². The van der Waals surface area contributed by atoms with Crippen molar-refractivity contribution in [2.45, 2.75) is 6.54 Å². The number of hydrogen-bond donors (Lipinski definition) is 1. The molecule has 0 bridgehead atoms. The molecule has 1 aromatic carbocycles. The lowest BCUT2D eigenvalue weighted by Gasteiger charge is -2.06. The van der Waals surface area contributed by atoms with Crippen LogP contribution in [0.2, 0.25) is 0 Å². The first-order valence-corrected chi connectivity index (χ1v) is 6.57. The summed E-state index contributed by atoms with van der Waals surface area (Å²) in [5, 5.41) is 3.55. The highest BCUT2D eigenvalue weighted by molar-refractivity contribution is 5.98. The molecule has 0 aliphatic rings. The summed E-state index contributed by atoms with van der Waals surface area (Å²) in [4.78, 5) is 16.2. The number of carbonyl (C=O) groups is 1. The number of rotatable bonds is 3. The molecule has 0 saturated heterocycles. The van der Waals surface area contributed by atoms with Gasteiger partial charge in [-0.15, -0.1) is 0 Å². The van der Waals surface area contributed by atoms with Gasteiger partial charge in [0, 0.05) is 36.9 Å². The van der Waals surface area contributed by atoms with E-state index >= 15 is 0 Å². The summed E-state index contributed by atoms with van der Waals surface area (Å²) in [6.07, 6.45) is 3.39. The molecule has 0 aliphatic carbocycles. The van der Waals surface area contributed by atoms with Crippen molar-refractivity contribution in [1.29, 1.82) is 0 Å². The standard InChI is InChI=1S/C16H14FN3O/c1-20-14-5-4-13(17)7-12(14)8-15(20)16(21)19-10-11-3-2-6-18-9-11/h2-9H,10H2,1H3,(H,19,21). The second-order valence-corrected chi connectivity index (χ2v) is 4.84. The van der Waals surface area contributed by atoms with Gasteiger partial charge in [-0.1, -0.05) is 6.07 Å². The summed E-state index contributed by atoms with van der Waals surface area (Å²) in [5.74, 6) is -0.506. The Hall–Kier alpha value is -2.69. The third-order valence-electron chi connectivity index (χ3n) is 3.41. The van der Waals surface area contributed by atoms with Gasteiger partial charge in [-0.2, -0.15) is 0 Å². The smallest absolute Gasteiger partial charge is 0.268 e. The van der Waals surface area contributed by atoms with E-state index in [1.807, 2.05) is 12.1 Å². The quantitative estimate of drug-likeness (QED) is 0.803. The Morgan fingerprint density at radius 1 is 1.33 bits per heavy atom. The summed E-state index contributed by atoms with van der Waals surface area (Å²) in [7, 11) is 1.79. The molecule has 0 atom stereocenters. The van der Waals surface area contributed by atoms with E-state index in [9.17, 15) is 9.18 Å². The summed E-state index contributed by atoms with van der Waals surface area (Å²) in [6, 6.07) is 9.89. The van der Waals surface area contributed by atoms with Gasteiger partial charge in [-0.25, -0.2) is 4.39 Å². The molecule has 0 radical (unpaired) electrons. The number of nitrogens with zero attached hydrogens (tertiary/aromatic N) is 2. The van der Waals surface area contributed by atoms with Crippen LogP contribution in [0.4, 0.5) is 4.39 Å². The first kappa shape index (κ1) is 13.3. The van der Waals surface area contributed by atoms with Crippen LogP contribution in [0, 0.1) is 5.82 Å². The molecule has 0 saturated carbocycles. The molecule has 0 unspecified atom stereocenters. The summed E-state index contributed by atoms with van der Waals surface area (Å²) in [5.41, 5.74) is 2.25. The number of fused-ring (bicyclic) bond motifs is 1. The van der Waals surface area contributed by atoms with Crippen LogP contribution in [-0.4, -0.2) is 15.5 Å². The van der Waals surface area contributed by atoms with Crippen molar-refractivity contribution < 1.29 is 9.18 Å². The lowest BCUT2D eigenvalue weighted by molar-refractivity contribution is 0.0943. The third-order valence-corrected chi connectivity index (χ3v) is 3.41. The molecule has 1 N–H and O–H groups in total. The van der Waals surface area contributed by atoms with E-state index in [0.717, 1.165) is 11.1 Å². The van der Waals surface area contributed by atoms with Crippen molar-refractivity contribution in [3.63, 3.8) is 0 Å². The number of aryl methyl sites for hydroxylation is 1. The Morgan fingerprint density at radius 2 is 2.19 bits per heavy atom. The van der Waals surface area contributed by atoms with Crippen LogP contribution in [0.25, 0.3) is 10.9 Å². The largest absolute Gasteiger partial charge is 0.347 e. The number of benzene rings is 1. The molecule has 0 aliphatic heterocycles. The molecule has 3 rings (SSSR count). The fourth-order valence-corrected chi connectivity index (χ4v) is 2.31. The highest BCUT2D eigenvalue weighted by Crippen LogP contribution is 2.19. The van der Waals surface area contributed by atoms with Crippen molar-refractivity contribution in [2.75, 3.05) is 0 Å². The second kappa shape index (κ2) is 5.36. The number of hydrogen-bond acceptors (Lipinski definition) is 2. The molecule has 1 amide bonds. The minimum atomic E-state index is -0.310. The maximum atomic E-state index is 13.2. The number of nitrogens with one attached hydrogen (secondary N) is 1. The first-order valence-electron chi connectivity index (χ1n) is 6.57. The second-order valence-electron chi connectivity index (χ2n) is 4.84. The molecule has 2 aromatic heterocycles. The van der Waals surface area contributed by atoms with Gasteiger partial charge < -0.3 is 9.88 Å². The minimum Gasteiger partial charge on any atom is -0.347 e. The Morgan fingerprint density at radius 3 is 2.95 bits per heavy atom. The molecule has 0 fully saturated rings. The molecular formula is C16H14FN3O. The maximum Gasteiger partial charge on any atom is 0.268 e. The zero-order valence-electron chi connectivity index (χ0n) is 11.5. The van der Waals surface area contributed by atoms with Crippen molar-refractivity contribution in [3.8, 4) is 0 Å². The number of halogens is 1. The highest BCUT2D eigenvalue weighted by Gasteiger charge is 2.13. The Balaban J connectivity index is 1.83. The number of pyridine rings is 1. The van der Waals surface area contributed by atoms with Crippen LogP contribution in [0.1, 0.15) is 16.1 Å². The molecule has 2 heterocycles. The Labute approximate surface area is 121 Å². The Kier molecular flexibility index (Phi) is 3.39. The summed E-state index contributed by atoms with van der Waals surface area (Å²) < 4.78 is 15.0. The van der Waals surface area contributed by atoms with Crippen molar-refractivity contribution in [1.82, 2.24) is 14.9 Å². The molecular weight excluding hydrogens is 269 g/mol. The lowest BCUT2D eigenvalue weighted by Crippen LogP contribution is -2.24. The molecule has 5 heteroatoms. The summed E-state index contributed by atoms with van der Waals surface area (Å²) in [6.45, 7) is 0.405. The van der Waals surface area contributed by atoms with Gasteiger partial charge in [0.1, 0.15) is 11.5 Å². The van der Waals surface area contributed by atoms with Gasteiger partial charge in [0.2, 0.25) is 0 Å². The van der Waals surface area contributed by atoms with Gasteiger partial charge >= 0.3 is 0 Å². The number of carbonyl (C=O) groups excluding carboxylic acids is 1. The van der Waals surface area contributed by atoms with E-state index in [2.05, 4.69) is 10.3 Å². The zero-order valence-corrected chi connectivity index (χ0v) is 11.5. The van der Waals surface area contributed by atoms with E-state index in [1.54, 1.807) is 36.1 Å². The van der Waals surface area contributed by atoms with Gasteiger partial charge in [0.05, 0.1) is 0 Å².